The van der Waals surface area contributed by atoms with Crippen molar-refractivity contribution in [3.05, 3.63) is 94.0 Å². The van der Waals surface area contributed by atoms with Crippen molar-refractivity contribution < 1.29 is 14.7 Å². The Morgan fingerprint density at radius 2 is 1.58 bits per heavy atom. The van der Waals surface area contributed by atoms with Gasteiger partial charge < -0.3 is 10.0 Å². The van der Waals surface area contributed by atoms with Crippen LogP contribution in [0.2, 0.25) is 5.02 Å². The van der Waals surface area contributed by atoms with Crippen molar-refractivity contribution in [2.24, 2.45) is 0 Å². The van der Waals surface area contributed by atoms with Gasteiger partial charge >= 0.3 is 5.97 Å². The molecule has 1 N–H and O–H groups in total. The summed E-state index contributed by atoms with van der Waals surface area (Å²) in [6.07, 6.45) is 0.851. The molecule has 0 spiro atoms. The third kappa shape index (κ3) is 4.17. The van der Waals surface area contributed by atoms with Crippen molar-refractivity contribution in [1.29, 1.82) is 10.5 Å². The van der Waals surface area contributed by atoms with Crippen LogP contribution in [0, 0.1) is 22.7 Å². The predicted octanol–water partition coefficient (Wildman–Crippen LogP) is 5.18. The second-order valence-corrected chi connectivity index (χ2v) is 8.15. The van der Waals surface area contributed by atoms with Crippen LogP contribution in [0.25, 0.3) is 11.1 Å². The predicted molar refractivity (Wildman–Crippen MR) is 122 cm³/mol. The molecule has 6 nitrogen and oxygen atoms in total. The molecule has 33 heavy (non-hydrogen) atoms. The minimum Gasteiger partial charge on any atom is -0.480 e. The number of carbonyl (C=O) groups excluding carboxylic acids is 1. The van der Waals surface area contributed by atoms with Gasteiger partial charge in [-0.05, 0) is 59.9 Å². The van der Waals surface area contributed by atoms with E-state index in [1.54, 1.807) is 54.6 Å². The van der Waals surface area contributed by atoms with Crippen LogP contribution in [0.1, 0.15) is 45.9 Å². The van der Waals surface area contributed by atoms with E-state index in [-0.39, 0.29) is 11.5 Å². The molecule has 0 aliphatic carbocycles. The van der Waals surface area contributed by atoms with Crippen molar-refractivity contribution >= 4 is 23.5 Å². The lowest BCUT2D eigenvalue weighted by Crippen LogP contribution is -2.41. The van der Waals surface area contributed by atoms with Crippen molar-refractivity contribution in [2.75, 3.05) is 0 Å². The van der Waals surface area contributed by atoms with Crippen LogP contribution < -0.4 is 0 Å². The van der Waals surface area contributed by atoms with E-state index in [0.29, 0.717) is 29.0 Å². The van der Waals surface area contributed by atoms with E-state index in [1.165, 1.54) is 4.90 Å². The number of carbonyl (C=O) groups is 2. The van der Waals surface area contributed by atoms with E-state index in [1.807, 2.05) is 24.3 Å². The van der Waals surface area contributed by atoms with Gasteiger partial charge in [0.05, 0.1) is 17.2 Å². The summed E-state index contributed by atoms with van der Waals surface area (Å²) in [4.78, 5) is 26.7. The molecule has 1 fully saturated rings. The number of carboxylic acids is 1. The fourth-order valence-corrected chi connectivity index (χ4v) is 4.52. The zero-order valence-corrected chi connectivity index (χ0v) is 18.2. The average molecular weight is 456 g/mol. The van der Waals surface area contributed by atoms with Crippen LogP contribution in [-0.2, 0) is 4.79 Å². The highest BCUT2D eigenvalue weighted by atomic mass is 35.5. The zero-order chi connectivity index (χ0) is 23.5. The number of hydrogen-bond acceptors (Lipinski definition) is 4. The summed E-state index contributed by atoms with van der Waals surface area (Å²) in [5.74, 6) is -1.43. The Labute approximate surface area is 195 Å². The maximum Gasteiger partial charge on any atom is 0.326 e. The molecule has 162 valence electrons. The summed E-state index contributed by atoms with van der Waals surface area (Å²) >= 11 is 6.35. The average Bonchev–Trinajstić information content (AvgIpc) is 3.29. The molecule has 1 saturated heterocycles. The molecule has 2 atom stereocenters. The van der Waals surface area contributed by atoms with E-state index in [4.69, 9.17) is 16.9 Å². The number of rotatable bonds is 4. The lowest BCUT2D eigenvalue weighted by molar-refractivity contribution is -0.141. The van der Waals surface area contributed by atoms with Gasteiger partial charge in [-0.15, -0.1) is 0 Å². The first-order valence-electron chi connectivity index (χ1n) is 10.3. The molecule has 0 aromatic heterocycles. The van der Waals surface area contributed by atoms with Crippen molar-refractivity contribution in [2.45, 2.75) is 24.9 Å². The molecular weight excluding hydrogens is 438 g/mol. The van der Waals surface area contributed by atoms with Gasteiger partial charge in [0.15, 0.2) is 0 Å². The number of carboxylic acid groups (broad SMARTS) is 1. The van der Waals surface area contributed by atoms with Crippen molar-refractivity contribution in [3.8, 4) is 23.3 Å². The lowest BCUT2D eigenvalue weighted by atomic mass is 9.98. The molecule has 1 unspecified atom stereocenters. The monoisotopic (exact) mass is 455 g/mol. The summed E-state index contributed by atoms with van der Waals surface area (Å²) in [7, 11) is 0. The maximum atomic E-state index is 13.4. The molecule has 1 amide bonds. The molecule has 0 bridgehead atoms. The number of aliphatic carboxylic acids is 1. The largest absolute Gasteiger partial charge is 0.480 e. The van der Waals surface area contributed by atoms with E-state index in [2.05, 4.69) is 0 Å². The number of likely N-dealkylation sites (tertiary alicyclic amines) is 1. The first kappa shape index (κ1) is 22.1. The van der Waals surface area contributed by atoms with Crippen LogP contribution in [0.15, 0.2) is 66.7 Å². The van der Waals surface area contributed by atoms with E-state index >= 15 is 0 Å². The van der Waals surface area contributed by atoms with Crippen LogP contribution in [0.4, 0.5) is 0 Å². The molecule has 1 heterocycles. The third-order valence-electron chi connectivity index (χ3n) is 5.89. The Morgan fingerprint density at radius 3 is 2.21 bits per heavy atom. The van der Waals surface area contributed by atoms with E-state index in [9.17, 15) is 20.0 Å². The minimum absolute atomic E-state index is 0.277. The maximum absolute atomic E-state index is 13.4. The highest BCUT2D eigenvalue weighted by Crippen LogP contribution is 2.40. The molecule has 7 heteroatoms. The second-order valence-electron chi connectivity index (χ2n) is 7.74. The Kier molecular flexibility index (Phi) is 6.13. The second kappa shape index (κ2) is 9.16. The van der Waals surface area contributed by atoms with Crippen LogP contribution in [-0.4, -0.2) is 27.9 Å². The molecule has 0 saturated carbocycles. The Hall–Kier alpha value is -4.13. The molecule has 3 aromatic rings. The van der Waals surface area contributed by atoms with Crippen LogP contribution in [0.3, 0.4) is 0 Å². The zero-order valence-electron chi connectivity index (χ0n) is 17.4. The van der Waals surface area contributed by atoms with Crippen molar-refractivity contribution in [3.63, 3.8) is 0 Å². The minimum atomic E-state index is -1.05. The molecule has 4 rings (SSSR count). The fraction of sp³-hybridized carbons (Fsp3) is 0.154. The normalized spacial score (nSPS) is 17.2. The van der Waals surface area contributed by atoms with Crippen molar-refractivity contribution in [1.82, 2.24) is 4.90 Å². The van der Waals surface area contributed by atoms with Gasteiger partial charge in [0, 0.05) is 10.6 Å². The number of hydrogen-bond donors (Lipinski definition) is 1. The quantitative estimate of drug-likeness (QED) is 0.583. The van der Waals surface area contributed by atoms with Gasteiger partial charge in [-0.1, -0.05) is 48.0 Å². The number of nitriles is 2. The number of amides is 1. The van der Waals surface area contributed by atoms with Crippen LogP contribution in [0.5, 0.6) is 0 Å². The topological polar surface area (TPSA) is 105 Å². The first-order chi connectivity index (χ1) is 15.9. The summed E-state index contributed by atoms with van der Waals surface area (Å²) in [5.41, 5.74) is 3.17. The standard InChI is InChI=1S/C26H18ClN3O3/c27-22-4-2-1-3-21(22)23-11-12-24(26(32)33)30(23)25(31)17-7-5-16(6-8-17)18-9-10-19(14-28)20(13-18)15-29/h1-10,13,23-24H,11-12H2,(H,32,33)/t23?,24-/m0/s1. The summed E-state index contributed by atoms with van der Waals surface area (Å²) < 4.78 is 0. The van der Waals surface area contributed by atoms with E-state index < -0.39 is 18.1 Å². The summed E-state index contributed by atoms with van der Waals surface area (Å²) in [6, 6.07) is 21.5. The summed E-state index contributed by atoms with van der Waals surface area (Å²) in [6.45, 7) is 0. The number of benzene rings is 3. The SMILES string of the molecule is N#Cc1ccc(-c2ccc(C(=O)N3C(c4ccccc4Cl)CC[C@H]3C(=O)O)cc2)cc1C#N. The highest BCUT2D eigenvalue weighted by Gasteiger charge is 2.42. The molecule has 0 radical (unpaired) electrons. The molecule has 3 aromatic carbocycles. The smallest absolute Gasteiger partial charge is 0.326 e. The Balaban J connectivity index is 1.66. The van der Waals surface area contributed by atoms with Gasteiger partial charge in [-0.2, -0.15) is 10.5 Å². The van der Waals surface area contributed by atoms with Gasteiger partial charge in [0.25, 0.3) is 5.91 Å². The molecular formula is C26H18ClN3O3. The number of nitrogens with zero attached hydrogens (tertiary/aromatic N) is 3. The Bertz CT molecular complexity index is 1320. The lowest BCUT2D eigenvalue weighted by Gasteiger charge is -2.29. The van der Waals surface area contributed by atoms with Gasteiger partial charge in [0.1, 0.15) is 18.2 Å². The molecule has 1 aliphatic heterocycles. The van der Waals surface area contributed by atoms with Gasteiger partial charge in [0.2, 0.25) is 0 Å². The van der Waals surface area contributed by atoms with Gasteiger partial charge in [-0.25, -0.2) is 4.79 Å². The first-order valence-corrected chi connectivity index (χ1v) is 10.7. The molecule has 1 aliphatic rings. The highest BCUT2D eigenvalue weighted by molar-refractivity contribution is 6.31. The third-order valence-corrected chi connectivity index (χ3v) is 6.24. The Morgan fingerprint density at radius 1 is 0.909 bits per heavy atom. The van der Waals surface area contributed by atoms with Gasteiger partial charge in [-0.3, -0.25) is 4.79 Å². The fourth-order valence-electron chi connectivity index (χ4n) is 4.26. The number of halogens is 1. The van der Waals surface area contributed by atoms with E-state index in [0.717, 1.165) is 16.7 Å². The summed E-state index contributed by atoms with van der Waals surface area (Å²) in [5, 5.41) is 28.6. The van der Waals surface area contributed by atoms with Crippen LogP contribution >= 0.6 is 11.6 Å².